The number of nitriles is 1. The van der Waals surface area contributed by atoms with Crippen molar-refractivity contribution in [2.45, 2.75) is 50.3 Å². The van der Waals surface area contributed by atoms with Crippen LogP contribution in [-0.4, -0.2) is 75.6 Å². The van der Waals surface area contributed by atoms with Crippen molar-refractivity contribution in [1.82, 2.24) is 19.9 Å². The summed E-state index contributed by atoms with van der Waals surface area (Å²) >= 11 is 1.76. The zero-order valence-electron chi connectivity index (χ0n) is 20.9. The van der Waals surface area contributed by atoms with Gasteiger partial charge in [0.1, 0.15) is 29.9 Å². The first-order valence-electron chi connectivity index (χ1n) is 12.0. The minimum Gasteiger partial charge on any atom is -0.494 e. The third kappa shape index (κ3) is 3.86. The second-order valence-corrected chi connectivity index (χ2v) is 11.9. The van der Waals surface area contributed by atoms with E-state index in [4.69, 9.17) is 9.72 Å². The predicted octanol–water partition coefficient (Wildman–Crippen LogP) is 3.11. The van der Waals surface area contributed by atoms with Gasteiger partial charge in [-0.1, -0.05) is 13.8 Å². The van der Waals surface area contributed by atoms with E-state index in [1.807, 2.05) is 4.90 Å². The number of thioether (sulfide) groups is 1. The molecule has 3 aliphatic heterocycles. The summed E-state index contributed by atoms with van der Waals surface area (Å²) in [5.41, 5.74) is 1.28. The molecule has 0 radical (unpaired) electrons. The van der Waals surface area contributed by atoms with E-state index in [1.165, 1.54) is 7.11 Å². The van der Waals surface area contributed by atoms with Gasteiger partial charge in [-0.15, -0.1) is 11.8 Å². The van der Waals surface area contributed by atoms with E-state index in [-0.39, 0.29) is 22.1 Å². The first-order valence-corrected chi connectivity index (χ1v) is 12.9. The van der Waals surface area contributed by atoms with Crippen molar-refractivity contribution in [2.75, 3.05) is 48.8 Å². The SMILES string of the molecule is COc1cnc(N2CC(C)(C)c3c(N4CCN(C(=O)C5(C)CCS5)C(C)C4)ncnc32)cc1C#N. The van der Waals surface area contributed by atoms with Crippen LogP contribution in [0.15, 0.2) is 18.6 Å². The number of fused-ring (bicyclic) bond motifs is 1. The summed E-state index contributed by atoms with van der Waals surface area (Å²) in [6.07, 6.45) is 4.14. The summed E-state index contributed by atoms with van der Waals surface area (Å²) in [4.78, 5) is 33.5. The van der Waals surface area contributed by atoms with Crippen LogP contribution >= 0.6 is 11.8 Å². The average molecular weight is 494 g/mol. The zero-order chi connectivity index (χ0) is 25.0. The van der Waals surface area contributed by atoms with Gasteiger partial charge in [0, 0.05) is 49.3 Å². The molecule has 0 bridgehead atoms. The first kappa shape index (κ1) is 23.7. The van der Waals surface area contributed by atoms with Crippen LogP contribution in [0.4, 0.5) is 17.5 Å². The Hall–Kier alpha value is -3.06. The average Bonchev–Trinajstić information content (AvgIpc) is 3.12. The fourth-order valence-electron chi connectivity index (χ4n) is 5.32. The van der Waals surface area contributed by atoms with Crippen LogP contribution in [0.25, 0.3) is 0 Å². The number of aromatic nitrogens is 3. The van der Waals surface area contributed by atoms with Crippen LogP contribution in [-0.2, 0) is 10.2 Å². The van der Waals surface area contributed by atoms with Crippen LogP contribution in [0.2, 0.25) is 0 Å². The fraction of sp³-hybridized carbons (Fsp3) is 0.560. The largest absolute Gasteiger partial charge is 0.494 e. The number of ether oxygens (including phenoxy) is 1. The number of carbonyl (C=O) groups is 1. The van der Waals surface area contributed by atoms with Crippen molar-refractivity contribution in [3.63, 3.8) is 0 Å². The molecule has 5 heterocycles. The lowest BCUT2D eigenvalue weighted by Gasteiger charge is -2.46. The Morgan fingerprint density at radius 3 is 2.60 bits per heavy atom. The fourth-order valence-corrected chi connectivity index (χ4v) is 6.37. The molecule has 3 aliphatic rings. The highest BCUT2D eigenvalue weighted by atomic mass is 32.2. The molecule has 2 atom stereocenters. The van der Waals surface area contributed by atoms with Gasteiger partial charge in [0.15, 0.2) is 5.75 Å². The number of nitrogens with zero attached hydrogens (tertiary/aromatic N) is 7. The standard InChI is InChI=1S/C25H31N7O2S/c1-16-13-30(7-8-31(16)23(33)25(4)6-9-35-25)21-20-22(29-15-28-21)32(14-24(20,2)3)19-10-17(11-26)18(34-5)12-27-19/h10,12,15-16H,6-9,13-14H2,1-5H3. The summed E-state index contributed by atoms with van der Waals surface area (Å²) in [6.45, 7) is 11.4. The van der Waals surface area contributed by atoms with Gasteiger partial charge >= 0.3 is 0 Å². The van der Waals surface area contributed by atoms with E-state index in [0.29, 0.717) is 30.2 Å². The number of amides is 1. The molecular weight excluding hydrogens is 462 g/mol. The van der Waals surface area contributed by atoms with E-state index in [9.17, 15) is 10.1 Å². The monoisotopic (exact) mass is 493 g/mol. The summed E-state index contributed by atoms with van der Waals surface area (Å²) in [5, 5.41) is 9.55. The number of carbonyl (C=O) groups excluding carboxylic acids is 1. The molecule has 0 aromatic carbocycles. The molecule has 0 spiro atoms. The Labute approximate surface area is 210 Å². The first-order chi connectivity index (χ1) is 16.7. The molecule has 35 heavy (non-hydrogen) atoms. The lowest BCUT2D eigenvalue weighted by molar-refractivity contribution is -0.136. The second-order valence-electron chi connectivity index (χ2n) is 10.3. The third-order valence-corrected chi connectivity index (χ3v) is 8.83. The van der Waals surface area contributed by atoms with Gasteiger partial charge in [-0.2, -0.15) is 5.26 Å². The van der Waals surface area contributed by atoms with Gasteiger partial charge in [-0.25, -0.2) is 15.0 Å². The Morgan fingerprint density at radius 1 is 1.23 bits per heavy atom. The topological polar surface area (TPSA) is 98.5 Å². The Morgan fingerprint density at radius 2 is 1.97 bits per heavy atom. The zero-order valence-corrected chi connectivity index (χ0v) is 21.7. The minimum atomic E-state index is -0.261. The Kier molecular flexibility index (Phi) is 5.79. The quantitative estimate of drug-likeness (QED) is 0.636. The lowest BCUT2D eigenvalue weighted by Crippen LogP contribution is -2.60. The van der Waals surface area contributed by atoms with Crippen molar-refractivity contribution >= 4 is 35.1 Å². The van der Waals surface area contributed by atoms with E-state index >= 15 is 0 Å². The van der Waals surface area contributed by atoms with Gasteiger partial charge in [0.2, 0.25) is 5.91 Å². The number of methoxy groups -OCH3 is 1. The van der Waals surface area contributed by atoms with Crippen molar-refractivity contribution in [2.24, 2.45) is 0 Å². The highest BCUT2D eigenvalue weighted by molar-refractivity contribution is 8.02. The molecule has 1 amide bonds. The number of rotatable bonds is 4. The van der Waals surface area contributed by atoms with Gasteiger partial charge in [0.25, 0.3) is 0 Å². The molecule has 9 nitrogen and oxygen atoms in total. The summed E-state index contributed by atoms with van der Waals surface area (Å²) in [7, 11) is 1.53. The highest BCUT2D eigenvalue weighted by Gasteiger charge is 2.46. The smallest absolute Gasteiger partial charge is 0.238 e. The van der Waals surface area contributed by atoms with E-state index in [1.54, 1.807) is 30.4 Å². The Bertz CT molecular complexity index is 1210. The third-order valence-electron chi connectivity index (χ3n) is 7.40. The predicted molar refractivity (Wildman–Crippen MR) is 136 cm³/mol. The van der Waals surface area contributed by atoms with Crippen LogP contribution < -0.4 is 14.5 Å². The van der Waals surface area contributed by atoms with E-state index in [0.717, 1.165) is 42.5 Å². The number of hydrogen-bond donors (Lipinski definition) is 0. The highest BCUT2D eigenvalue weighted by Crippen LogP contribution is 2.47. The molecular formula is C25H31N7O2S. The molecule has 2 aromatic rings. The molecule has 0 saturated carbocycles. The normalized spacial score (nSPS) is 25.0. The minimum absolute atomic E-state index is 0.0990. The van der Waals surface area contributed by atoms with E-state index in [2.05, 4.69) is 53.5 Å². The van der Waals surface area contributed by atoms with Crippen molar-refractivity contribution in [3.8, 4) is 11.8 Å². The van der Waals surface area contributed by atoms with Crippen LogP contribution in [0.1, 0.15) is 45.2 Å². The number of pyridine rings is 1. The summed E-state index contributed by atoms with van der Waals surface area (Å²) in [6, 6.07) is 4.04. The van der Waals surface area contributed by atoms with Gasteiger partial charge < -0.3 is 19.4 Å². The van der Waals surface area contributed by atoms with Crippen molar-refractivity contribution in [3.05, 3.63) is 29.7 Å². The lowest BCUT2D eigenvalue weighted by atomic mass is 9.87. The molecule has 0 aliphatic carbocycles. The van der Waals surface area contributed by atoms with Crippen LogP contribution in [0.3, 0.4) is 0 Å². The van der Waals surface area contributed by atoms with Gasteiger partial charge in [0.05, 0.1) is 23.6 Å². The number of piperazine rings is 1. The molecule has 2 fully saturated rings. The maximum absolute atomic E-state index is 13.2. The number of hydrogen-bond acceptors (Lipinski definition) is 9. The summed E-state index contributed by atoms with van der Waals surface area (Å²) in [5.74, 6) is 4.17. The molecule has 184 valence electrons. The molecule has 0 N–H and O–H groups in total. The second kappa shape index (κ2) is 8.55. The molecule has 2 aromatic heterocycles. The summed E-state index contributed by atoms with van der Waals surface area (Å²) < 4.78 is 5.00. The van der Waals surface area contributed by atoms with Crippen molar-refractivity contribution in [1.29, 1.82) is 5.26 Å². The van der Waals surface area contributed by atoms with Crippen LogP contribution in [0, 0.1) is 11.3 Å². The van der Waals surface area contributed by atoms with Crippen LogP contribution in [0.5, 0.6) is 5.75 Å². The van der Waals surface area contributed by atoms with E-state index < -0.39 is 0 Å². The molecule has 2 saturated heterocycles. The molecule has 10 heteroatoms. The van der Waals surface area contributed by atoms with Crippen molar-refractivity contribution < 1.29 is 9.53 Å². The molecule has 2 unspecified atom stereocenters. The number of anilines is 3. The molecule has 5 rings (SSSR count). The Balaban J connectivity index is 1.44. The van der Waals surface area contributed by atoms with Gasteiger partial charge in [-0.05, 0) is 26.0 Å². The maximum atomic E-state index is 13.2. The van der Waals surface area contributed by atoms with Gasteiger partial charge in [-0.3, -0.25) is 4.79 Å². The maximum Gasteiger partial charge on any atom is 0.238 e.